The normalized spacial score (nSPS) is 13.2. The quantitative estimate of drug-likeness (QED) is 0.790. The van der Waals surface area contributed by atoms with Crippen molar-refractivity contribution in [3.05, 3.63) is 23.8 Å². The number of hydrogen-bond acceptors (Lipinski definition) is 5. The molecule has 2 rings (SSSR count). The minimum absolute atomic E-state index is 0.111. The number of rotatable bonds is 4. The van der Waals surface area contributed by atoms with Crippen molar-refractivity contribution in [1.82, 2.24) is 5.32 Å². The molecule has 1 N–H and O–H groups in total. The molecule has 0 spiro atoms. The molecule has 1 aromatic carbocycles. The number of ether oxygens (including phenoxy) is 2. The van der Waals surface area contributed by atoms with Crippen molar-refractivity contribution in [1.29, 1.82) is 0 Å². The van der Waals surface area contributed by atoms with Crippen molar-refractivity contribution in [3.8, 4) is 5.75 Å². The second-order valence-corrected chi connectivity index (χ2v) is 4.59. The van der Waals surface area contributed by atoms with Crippen molar-refractivity contribution in [2.24, 2.45) is 0 Å². The molecule has 7 nitrogen and oxygen atoms in total. The second kappa shape index (κ2) is 6.25. The van der Waals surface area contributed by atoms with E-state index in [-0.39, 0.29) is 25.6 Å². The number of carbonyl (C=O) groups is 3. The molecule has 112 valence electrons. The van der Waals surface area contributed by atoms with Gasteiger partial charge in [-0.25, -0.2) is 0 Å². The van der Waals surface area contributed by atoms with Crippen LogP contribution < -0.4 is 15.0 Å². The molecule has 0 aliphatic carbocycles. The van der Waals surface area contributed by atoms with Crippen LogP contribution in [-0.2, 0) is 19.1 Å². The van der Waals surface area contributed by atoms with Crippen molar-refractivity contribution in [2.45, 2.75) is 6.92 Å². The molecule has 0 bridgehead atoms. The van der Waals surface area contributed by atoms with Crippen LogP contribution in [0.3, 0.4) is 0 Å². The highest BCUT2D eigenvalue weighted by molar-refractivity contribution is 6.02. The van der Waals surface area contributed by atoms with E-state index >= 15 is 0 Å². The third-order valence-corrected chi connectivity index (χ3v) is 3.02. The average Bonchev–Trinajstić information content (AvgIpc) is 2.47. The molecule has 0 atom stereocenters. The zero-order valence-corrected chi connectivity index (χ0v) is 11.8. The fourth-order valence-electron chi connectivity index (χ4n) is 1.93. The molecular weight excluding hydrogens is 276 g/mol. The molecule has 1 aliphatic rings. The standard InChI is InChI=1S/C14H16N2O5/c1-9-3-4-11-10(5-9)16(13(18)8-21-11)7-12(17)15-6-14(19)20-2/h3-5H,6-8H2,1-2H3,(H,15,17). The first kappa shape index (κ1) is 14.8. The molecule has 1 aliphatic heterocycles. The number of aryl methyl sites for hydroxylation is 1. The highest BCUT2D eigenvalue weighted by atomic mass is 16.5. The number of methoxy groups -OCH3 is 1. The molecule has 1 aromatic rings. The maximum atomic E-state index is 11.9. The topological polar surface area (TPSA) is 84.9 Å². The fourth-order valence-corrected chi connectivity index (χ4v) is 1.93. The van der Waals surface area contributed by atoms with Gasteiger partial charge in [0.05, 0.1) is 12.8 Å². The first-order chi connectivity index (χ1) is 10.0. The fraction of sp³-hybridized carbons (Fsp3) is 0.357. The van der Waals surface area contributed by atoms with Crippen molar-refractivity contribution in [2.75, 3.05) is 31.7 Å². The monoisotopic (exact) mass is 292 g/mol. The lowest BCUT2D eigenvalue weighted by Crippen LogP contribution is -2.46. The molecule has 1 heterocycles. The minimum Gasteiger partial charge on any atom is -0.482 e. The average molecular weight is 292 g/mol. The van der Waals surface area contributed by atoms with Crippen LogP contribution in [0.2, 0.25) is 0 Å². The largest absolute Gasteiger partial charge is 0.482 e. The van der Waals surface area contributed by atoms with Crippen molar-refractivity contribution < 1.29 is 23.9 Å². The van der Waals surface area contributed by atoms with E-state index in [1.165, 1.54) is 12.0 Å². The zero-order valence-electron chi connectivity index (χ0n) is 11.8. The van der Waals surface area contributed by atoms with Crippen LogP contribution in [0.15, 0.2) is 18.2 Å². The molecule has 0 saturated heterocycles. The zero-order chi connectivity index (χ0) is 15.4. The van der Waals surface area contributed by atoms with Crippen molar-refractivity contribution in [3.63, 3.8) is 0 Å². The van der Waals surface area contributed by atoms with E-state index < -0.39 is 11.9 Å². The first-order valence-corrected chi connectivity index (χ1v) is 6.38. The number of carbonyl (C=O) groups excluding carboxylic acids is 3. The third kappa shape index (κ3) is 3.50. The molecule has 0 unspecified atom stereocenters. The van der Waals surface area contributed by atoms with Gasteiger partial charge in [0.2, 0.25) is 5.91 Å². The highest BCUT2D eigenvalue weighted by Gasteiger charge is 2.27. The highest BCUT2D eigenvalue weighted by Crippen LogP contribution is 2.32. The summed E-state index contributed by atoms with van der Waals surface area (Å²) in [5.74, 6) is -0.738. The van der Waals surface area contributed by atoms with E-state index in [0.717, 1.165) is 5.56 Å². The number of nitrogens with one attached hydrogen (secondary N) is 1. The maximum absolute atomic E-state index is 11.9. The van der Waals surface area contributed by atoms with E-state index in [2.05, 4.69) is 10.1 Å². The Hall–Kier alpha value is -2.57. The van der Waals surface area contributed by atoms with Gasteiger partial charge in [-0.1, -0.05) is 6.07 Å². The number of benzene rings is 1. The number of anilines is 1. The van der Waals surface area contributed by atoms with Gasteiger partial charge in [-0.2, -0.15) is 0 Å². The molecular formula is C14H16N2O5. The van der Waals surface area contributed by atoms with E-state index in [0.29, 0.717) is 11.4 Å². The van der Waals surface area contributed by atoms with Crippen LogP contribution in [-0.4, -0.2) is 44.6 Å². The Kier molecular flexibility index (Phi) is 4.42. The van der Waals surface area contributed by atoms with Crippen LogP contribution in [0.25, 0.3) is 0 Å². The van der Waals surface area contributed by atoms with Crippen LogP contribution in [0.1, 0.15) is 5.56 Å². The van der Waals surface area contributed by atoms with Gasteiger partial charge < -0.3 is 14.8 Å². The van der Waals surface area contributed by atoms with Gasteiger partial charge in [0.25, 0.3) is 5.91 Å². The molecule has 0 saturated carbocycles. The third-order valence-electron chi connectivity index (χ3n) is 3.02. The molecule has 0 radical (unpaired) electrons. The Bertz CT molecular complexity index is 585. The first-order valence-electron chi connectivity index (χ1n) is 6.38. The predicted molar refractivity (Wildman–Crippen MR) is 74.1 cm³/mol. The van der Waals surface area contributed by atoms with Gasteiger partial charge in [0.15, 0.2) is 6.61 Å². The Balaban J connectivity index is 2.09. The molecule has 0 fully saturated rings. The number of hydrogen-bond donors (Lipinski definition) is 1. The van der Waals surface area contributed by atoms with Crippen LogP contribution >= 0.6 is 0 Å². The summed E-state index contributed by atoms with van der Waals surface area (Å²) in [6, 6.07) is 5.40. The summed E-state index contributed by atoms with van der Waals surface area (Å²) in [4.78, 5) is 36.1. The lowest BCUT2D eigenvalue weighted by Gasteiger charge is -2.29. The van der Waals surface area contributed by atoms with Gasteiger partial charge in [-0.3, -0.25) is 19.3 Å². The van der Waals surface area contributed by atoms with Crippen LogP contribution in [0.4, 0.5) is 5.69 Å². The Morgan fingerprint density at radius 1 is 1.43 bits per heavy atom. The molecule has 21 heavy (non-hydrogen) atoms. The summed E-state index contributed by atoms with van der Waals surface area (Å²) >= 11 is 0. The maximum Gasteiger partial charge on any atom is 0.325 e. The van der Waals surface area contributed by atoms with Gasteiger partial charge in [-0.05, 0) is 24.6 Å². The molecule has 7 heteroatoms. The number of nitrogens with zero attached hydrogens (tertiary/aromatic N) is 1. The van der Waals surface area contributed by atoms with Gasteiger partial charge in [0.1, 0.15) is 18.8 Å². The minimum atomic E-state index is -0.548. The van der Waals surface area contributed by atoms with Crippen molar-refractivity contribution >= 4 is 23.5 Å². The Labute approximate surface area is 121 Å². The lowest BCUT2D eigenvalue weighted by molar-refractivity contribution is -0.141. The summed E-state index contributed by atoms with van der Waals surface area (Å²) in [6.07, 6.45) is 0. The summed E-state index contributed by atoms with van der Waals surface area (Å²) < 4.78 is 9.75. The van der Waals surface area contributed by atoms with Crippen LogP contribution in [0, 0.1) is 6.92 Å². The predicted octanol–water partition coefficient (Wildman–Crippen LogP) is 0.00962. The Morgan fingerprint density at radius 2 is 2.19 bits per heavy atom. The van der Waals surface area contributed by atoms with Gasteiger partial charge in [-0.15, -0.1) is 0 Å². The van der Waals surface area contributed by atoms with E-state index in [1.807, 2.05) is 13.0 Å². The molecule has 0 aromatic heterocycles. The van der Waals surface area contributed by atoms with Gasteiger partial charge in [0, 0.05) is 0 Å². The lowest BCUT2D eigenvalue weighted by atomic mass is 10.1. The van der Waals surface area contributed by atoms with Gasteiger partial charge >= 0.3 is 5.97 Å². The SMILES string of the molecule is COC(=O)CNC(=O)CN1C(=O)COc2ccc(C)cc21. The van der Waals surface area contributed by atoms with E-state index in [1.54, 1.807) is 12.1 Å². The Morgan fingerprint density at radius 3 is 2.90 bits per heavy atom. The number of fused-ring (bicyclic) bond motifs is 1. The number of amides is 2. The number of esters is 1. The summed E-state index contributed by atoms with van der Waals surface area (Å²) in [5.41, 5.74) is 1.51. The van der Waals surface area contributed by atoms with E-state index in [9.17, 15) is 14.4 Å². The second-order valence-electron chi connectivity index (χ2n) is 4.59. The molecule has 2 amide bonds. The van der Waals surface area contributed by atoms with E-state index in [4.69, 9.17) is 4.74 Å². The summed E-state index contributed by atoms with van der Waals surface area (Å²) in [6.45, 7) is 1.37. The summed E-state index contributed by atoms with van der Waals surface area (Å²) in [7, 11) is 1.24. The summed E-state index contributed by atoms with van der Waals surface area (Å²) in [5, 5.41) is 2.40. The van der Waals surface area contributed by atoms with Crippen LogP contribution in [0.5, 0.6) is 5.75 Å². The smallest absolute Gasteiger partial charge is 0.325 e.